The molecule has 0 radical (unpaired) electrons. The van der Waals surface area contributed by atoms with E-state index in [2.05, 4.69) is 0 Å². The highest BCUT2D eigenvalue weighted by molar-refractivity contribution is 7.98. The number of halogens is 1. The van der Waals surface area contributed by atoms with Crippen molar-refractivity contribution in [2.75, 3.05) is 12.5 Å². The maximum atomic E-state index is 5.97. The number of rotatable bonds is 3. The van der Waals surface area contributed by atoms with E-state index in [4.69, 9.17) is 26.8 Å². The maximum absolute atomic E-state index is 5.97. The molecule has 0 unspecified atom stereocenters. The first-order chi connectivity index (χ1) is 9.22. The lowest BCUT2D eigenvalue weighted by molar-refractivity contribution is 0.174. The summed E-state index contributed by atoms with van der Waals surface area (Å²) in [6, 6.07) is 11.5. The van der Waals surface area contributed by atoms with E-state index in [0.717, 1.165) is 33.4 Å². The van der Waals surface area contributed by atoms with E-state index < -0.39 is 0 Å². The Hall–Kier alpha value is -1.52. The lowest BCUT2D eigenvalue weighted by Gasteiger charge is -2.06. The van der Waals surface area contributed by atoms with Crippen LogP contribution in [0, 0.1) is 0 Å². The molecule has 0 spiro atoms. The highest BCUT2D eigenvalue weighted by atomic mass is 35.5. The second-order valence-corrected chi connectivity index (χ2v) is 5.61. The van der Waals surface area contributed by atoms with Crippen LogP contribution in [0.1, 0.15) is 5.56 Å². The number of anilines is 1. The standard InChI is InChI=1S/C14H12ClNO2S/c15-10-2-3-11(16)14(6-10)19-7-9-1-4-12-13(5-9)18-8-17-12/h1-6H,7-8,16H2. The minimum Gasteiger partial charge on any atom is -0.454 e. The third-order valence-corrected chi connectivity index (χ3v) is 4.18. The third-order valence-electron chi connectivity index (χ3n) is 2.81. The van der Waals surface area contributed by atoms with E-state index in [9.17, 15) is 0 Å². The number of hydrogen-bond donors (Lipinski definition) is 1. The number of thioether (sulfide) groups is 1. The van der Waals surface area contributed by atoms with Gasteiger partial charge in [0.25, 0.3) is 0 Å². The van der Waals surface area contributed by atoms with Crippen molar-refractivity contribution in [2.24, 2.45) is 0 Å². The Morgan fingerprint density at radius 1 is 1.11 bits per heavy atom. The Kier molecular flexibility index (Phi) is 3.44. The van der Waals surface area contributed by atoms with Crippen LogP contribution in [-0.4, -0.2) is 6.79 Å². The van der Waals surface area contributed by atoms with Crippen LogP contribution in [-0.2, 0) is 5.75 Å². The molecule has 0 amide bonds. The van der Waals surface area contributed by atoms with Crippen LogP contribution in [0.15, 0.2) is 41.3 Å². The van der Waals surface area contributed by atoms with Gasteiger partial charge in [0.05, 0.1) is 0 Å². The number of benzene rings is 2. The maximum Gasteiger partial charge on any atom is 0.231 e. The van der Waals surface area contributed by atoms with E-state index >= 15 is 0 Å². The summed E-state index contributed by atoms with van der Waals surface area (Å²) in [5.74, 6) is 2.41. The van der Waals surface area contributed by atoms with Gasteiger partial charge in [0.15, 0.2) is 11.5 Å². The number of nitrogen functional groups attached to an aromatic ring is 1. The first-order valence-electron chi connectivity index (χ1n) is 5.79. The molecule has 2 N–H and O–H groups in total. The molecule has 1 heterocycles. The van der Waals surface area contributed by atoms with E-state index in [1.165, 1.54) is 0 Å². The molecule has 0 saturated heterocycles. The number of nitrogens with two attached hydrogens (primary N) is 1. The van der Waals surface area contributed by atoms with Gasteiger partial charge in [-0.3, -0.25) is 0 Å². The molecule has 1 aliphatic heterocycles. The van der Waals surface area contributed by atoms with Gasteiger partial charge < -0.3 is 15.2 Å². The van der Waals surface area contributed by atoms with Crippen LogP contribution in [0.3, 0.4) is 0 Å². The molecule has 0 bridgehead atoms. The van der Waals surface area contributed by atoms with Gasteiger partial charge in [-0.15, -0.1) is 11.8 Å². The Morgan fingerprint density at radius 2 is 1.95 bits per heavy atom. The van der Waals surface area contributed by atoms with Crippen LogP contribution in [0.5, 0.6) is 11.5 Å². The van der Waals surface area contributed by atoms with Crippen molar-refractivity contribution in [2.45, 2.75) is 10.6 Å². The van der Waals surface area contributed by atoms with Crippen LogP contribution in [0.4, 0.5) is 5.69 Å². The van der Waals surface area contributed by atoms with Crippen molar-refractivity contribution >= 4 is 29.1 Å². The van der Waals surface area contributed by atoms with E-state index in [-0.39, 0.29) is 0 Å². The van der Waals surface area contributed by atoms with Gasteiger partial charge in [0.1, 0.15) is 0 Å². The van der Waals surface area contributed by atoms with Crippen LogP contribution in [0.25, 0.3) is 0 Å². The Bertz CT molecular complexity index is 618. The van der Waals surface area contributed by atoms with Gasteiger partial charge in [0, 0.05) is 21.4 Å². The summed E-state index contributed by atoms with van der Waals surface area (Å²) in [6.45, 7) is 0.299. The molecule has 19 heavy (non-hydrogen) atoms. The molecule has 3 nitrogen and oxygen atoms in total. The van der Waals surface area contributed by atoms with Gasteiger partial charge >= 0.3 is 0 Å². The minimum absolute atomic E-state index is 0.299. The fraction of sp³-hybridized carbons (Fsp3) is 0.143. The van der Waals surface area contributed by atoms with Gasteiger partial charge in [-0.05, 0) is 35.9 Å². The largest absolute Gasteiger partial charge is 0.454 e. The predicted molar refractivity (Wildman–Crippen MR) is 78.0 cm³/mol. The first-order valence-corrected chi connectivity index (χ1v) is 7.15. The second kappa shape index (κ2) is 5.23. The zero-order valence-corrected chi connectivity index (χ0v) is 11.6. The summed E-state index contributed by atoms with van der Waals surface area (Å²) >= 11 is 7.62. The van der Waals surface area contributed by atoms with Crippen molar-refractivity contribution in [1.82, 2.24) is 0 Å². The fourth-order valence-corrected chi connectivity index (χ4v) is 3.01. The van der Waals surface area contributed by atoms with Gasteiger partial charge in [0.2, 0.25) is 6.79 Å². The molecule has 0 aliphatic carbocycles. The Morgan fingerprint density at radius 3 is 2.84 bits per heavy atom. The number of hydrogen-bond acceptors (Lipinski definition) is 4. The van der Waals surface area contributed by atoms with Crippen LogP contribution >= 0.6 is 23.4 Å². The first kappa shape index (κ1) is 12.5. The molecule has 2 aromatic carbocycles. The SMILES string of the molecule is Nc1ccc(Cl)cc1SCc1ccc2c(c1)OCO2. The van der Waals surface area contributed by atoms with E-state index in [0.29, 0.717) is 11.8 Å². The molecular weight excluding hydrogens is 282 g/mol. The van der Waals surface area contributed by atoms with E-state index in [1.807, 2.05) is 30.3 Å². The zero-order chi connectivity index (χ0) is 13.2. The second-order valence-electron chi connectivity index (χ2n) is 4.16. The average Bonchev–Trinajstić information content (AvgIpc) is 2.87. The quantitative estimate of drug-likeness (QED) is 0.687. The fourth-order valence-electron chi connectivity index (χ4n) is 1.83. The van der Waals surface area contributed by atoms with Crippen molar-refractivity contribution in [1.29, 1.82) is 0 Å². The third kappa shape index (κ3) is 2.74. The number of ether oxygens (including phenoxy) is 2. The smallest absolute Gasteiger partial charge is 0.231 e. The van der Waals surface area contributed by atoms with Crippen molar-refractivity contribution in [3.8, 4) is 11.5 Å². The summed E-state index contributed by atoms with van der Waals surface area (Å²) < 4.78 is 10.6. The molecule has 1 aliphatic rings. The topological polar surface area (TPSA) is 44.5 Å². The van der Waals surface area contributed by atoms with Gasteiger partial charge in [-0.25, -0.2) is 0 Å². The molecule has 98 valence electrons. The molecule has 0 saturated carbocycles. The summed E-state index contributed by atoms with van der Waals surface area (Å²) in [5, 5.41) is 0.697. The molecule has 3 rings (SSSR count). The van der Waals surface area contributed by atoms with Gasteiger partial charge in [-0.1, -0.05) is 17.7 Å². The van der Waals surface area contributed by atoms with Gasteiger partial charge in [-0.2, -0.15) is 0 Å². The number of fused-ring (bicyclic) bond motifs is 1. The summed E-state index contributed by atoms with van der Waals surface area (Å²) in [4.78, 5) is 0.991. The van der Waals surface area contributed by atoms with Crippen LogP contribution in [0.2, 0.25) is 5.02 Å². The normalized spacial score (nSPS) is 12.7. The molecule has 0 fully saturated rings. The molecule has 5 heteroatoms. The Labute approximate surface area is 120 Å². The van der Waals surface area contributed by atoms with Crippen molar-refractivity contribution in [3.05, 3.63) is 47.0 Å². The van der Waals surface area contributed by atoms with Crippen molar-refractivity contribution < 1.29 is 9.47 Å². The lowest BCUT2D eigenvalue weighted by atomic mass is 10.2. The van der Waals surface area contributed by atoms with Crippen molar-refractivity contribution in [3.63, 3.8) is 0 Å². The zero-order valence-electron chi connectivity index (χ0n) is 10.1. The minimum atomic E-state index is 0.299. The summed E-state index contributed by atoms with van der Waals surface area (Å²) in [5.41, 5.74) is 7.83. The molecule has 0 aromatic heterocycles. The molecule has 0 atom stereocenters. The average molecular weight is 294 g/mol. The van der Waals surface area contributed by atoms with E-state index in [1.54, 1.807) is 17.8 Å². The highest BCUT2D eigenvalue weighted by Gasteiger charge is 2.13. The summed E-state index contributed by atoms with van der Waals surface area (Å²) in [6.07, 6.45) is 0. The lowest BCUT2D eigenvalue weighted by Crippen LogP contribution is -1.92. The predicted octanol–water partition coefficient (Wildman–Crippen LogP) is 3.94. The Balaban J connectivity index is 1.74. The highest BCUT2D eigenvalue weighted by Crippen LogP contribution is 2.35. The van der Waals surface area contributed by atoms with Crippen LogP contribution < -0.4 is 15.2 Å². The molecular formula is C14H12ClNO2S. The summed E-state index contributed by atoms with van der Waals surface area (Å²) in [7, 11) is 0. The molecule has 2 aromatic rings. The monoisotopic (exact) mass is 293 g/mol.